The molecular formula is C17H30N4. The molecular weight excluding hydrogens is 260 g/mol. The Morgan fingerprint density at radius 2 is 2.14 bits per heavy atom. The smallest absolute Gasteiger partial charge is 0.223 e. The molecule has 1 aromatic rings. The number of piperidine rings is 1. The van der Waals surface area contributed by atoms with E-state index in [4.69, 9.17) is 0 Å². The second-order valence-corrected chi connectivity index (χ2v) is 6.57. The largest absolute Gasteiger partial charge is 0.354 e. The molecule has 1 fully saturated rings. The lowest BCUT2D eigenvalue weighted by molar-refractivity contribution is 0.160. The number of rotatable bonds is 6. The van der Waals surface area contributed by atoms with Gasteiger partial charge in [-0.25, -0.2) is 9.97 Å². The van der Waals surface area contributed by atoms with Crippen LogP contribution in [0.5, 0.6) is 0 Å². The van der Waals surface area contributed by atoms with Gasteiger partial charge in [0.25, 0.3) is 0 Å². The topological polar surface area (TPSA) is 41.1 Å². The molecule has 0 aromatic carbocycles. The van der Waals surface area contributed by atoms with Crippen LogP contribution in [0.1, 0.15) is 63.8 Å². The van der Waals surface area contributed by atoms with Crippen LogP contribution < -0.4 is 5.32 Å². The normalized spacial score (nSPS) is 20.0. The Balaban J connectivity index is 1.78. The lowest BCUT2D eigenvalue weighted by Gasteiger charge is -2.33. The third kappa shape index (κ3) is 4.95. The maximum atomic E-state index is 4.60. The molecule has 1 unspecified atom stereocenters. The summed E-state index contributed by atoms with van der Waals surface area (Å²) < 4.78 is 0. The Kier molecular flexibility index (Phi) is 5.97. The van der Waals surface area contributed by atoms with Crippen molar-refractivity contribution >= 4 is 5.95 Å². The number of aromatic nitrogens is 2. The SMILES string of the molecule is Cc1cc(C(C)C)nc(NCCCN2CCCCC2C)n1. The Morgan fingerprint density at radius 1 is 1.33 bits per heavy atom. The van der Waals surface area contributed by atoms with E-state index in [0.29, 0.717) is 5.92 Å². The first-order valence-electron chi connectivity index (χ1n) is 8.39. The minimum Gasteiger partial charge on any atom is -0.354 e. The second kappa shape index (κ2) is 7.74. The summed E-state index contributed by atoms with van der Waals surface area (Å²) in [5, 5.41) is 3.39. The number of nitrogens with one attached hydrogen (secondary N) is 1. The van der Waals surface area contributed by atoms with Gasteiger partial charge < -0.3 is 10.2 Å². The molecule has 0 saturated carbocycles. The van der Waals surface area contributed by atoms with Crippen LogP contribution in [0.4, 0.5) is 5.95 Å². The zero-order valence-electron chi connectivity index (χ0n) is 14.0. The molecule has 1 saturated heterocycles. The van der Waals surface area contributed by atoms with E-state index >= 15 is 0 Å². The fourth-order valence-electron chi connectivity index (χ4n) is 2.94. The van der Waals surface area contributed by atoms with E-state index in [-0.39, 0.29) is 0 Å². The van der Waals surface area contributed by atoms with Gasteiger partial charge in [0.1, 0.15) is 0 Å². The number of hydrogen-bond acceptors (Lipinski definition) is 4. The monoisotopic (exact) mass is 290 g/mol. The highest BCUT2D eigenvalue weighted by molar-refractivity contribution is 5.28. The van der Waals surface area contributed by atoms with E-state index in [2.05, 4.69) is 47.0 Å². The van der Waals surface area contributed by atoms with Crippen molar-refractivity contribution in [3.63, 3.8) is 0 Å². The predicted octanol–water partition coefficient (Wildman–Crippen LogP) is 3.58. The third-order valence-electron chi connectivity index (χ3n) is 4.31. The molecule has 0 radical (unpaired) electrons. The highest BCUT2D eigenvalue weighted by atomic mass is 15.2. The number of likely N-dealkylation sites (tertiary alicyclic amines) is 1. The maximum absolute atomic E-state index is 4.60. The van der Waals surface area contributed by atoms with Crippen LogP contribution in [0.15, 0.2) is 6.07 Å². The molecule has 4 nitrogen and oxygen atoms in total. The lowest BCUT2D eigenvalue weighted by atomic mass is 10.0. The van der Waals surface area contributed by atoms with Gasteiger partial charge in [0.15, 0.2) is 0 Å². The summed E-state index contributed by atoms with van der Waals surface area (Å²) in [6, 6.07) is 2.83. The molecule has 0 amide bonds. The molecule has 0 aliphatic carbocycles. The van der Waals surface area contributed by atoms with Crippen LogP contribution in [0.25, 0.3) is 0 Å². The standard InChI is InChI=1S/C17H30N4/c1-13(2)16-12-14(3)19-17(20-16)18-9-7-11-21-10-6-5-8-15(21)4/h12-13,15H,5-11H2,1-4H3,(H,18,19,20). The van der Waals surface area contributed by atoms with Crippen LogP contribution in [0, 0.1) is 6.92 Å². The summed E-state index contributed by atoms with van der Waals surface area (Å²) in [5.41, 5.74) is 2.16. The van der Waals surface area contributed by atoms with Crippen molar-refractivity contribution in [1.29, 1.82) is 0 Å². The Bertz CT molecular complexity index is 444. The van der Waals surface area contributed by atoms with Crippen molar-refractivity contribution in [3.8, 4) is 0 Å². The van der Waals surface area contributed by atoms with E-state index < -0.39 is 0 Å². The van der Waals surface area contributed by atoms with Gasteiger partial charge in [-0.3, -0.25) is 0 Å². The van der Waals surface area contributed by atoms with Gasteiger partial charge in [0.2, 0.25) is 5.95 Å². The summed E-state index contributed by atoms with van der Waals surface area (Å²) in [6.45, 7) is 12.1. The zero-order chi connectivity index (χ0) is 15.2. The minimum absolute atomic E-state index is 0.446. The first kappa shape index (κ1) is 16.2. The molecule has 21 heavy (non-hydrogen) atoms. The van der Waals surface area contributed by atoms with E-state index in [1.807, 2.05) is 6.92 Å². The molecule has 1 N–H and O–H groups in total. The van der Waals surface area contributed by atoms with Gasteiger partial charge in [-0.1, -0.05) is 20.3 Å². The molecule has 2 rings (SSSR count). The maximum Gasteiger partial charge on any atom is 0.223 e. The van der Waals surface area contributed by atoms with E-state index in [1.165, 1.54) is 32.4 Å². The van der Waals surface area contributed by atoms with Crippen molar-refractivity contribution < 1.29 is 0 Å². The molecule has 1 aliphatic rings. The molecule has 0 spiro atoms. The van der Waals surface area contributed by atoms with Crippen LogP contribution in [0.2, 0.25) is 0 Å². The third-order valence-corrected chi connectivity index (χ3v) is 4.31. The first-order valence-corrected chi connectivity index (χ1v) is 8.39. The lowest BCUT2D eigenvalue weighted by Crippen LogP contribution is -2.38. The van der Waals surface area contributed by atoms with Crippen molar-refractivity contribution in [2.45, 2.75) is 65.3 Å². The summed E-state index contributed by atoms with van der Waals surface area (Å²) in [7, 11) is 0. The Hall–Kier alpha value is -1.16. The van der Waals surface area contributed by atoms with Gasteiger partial charge in [0, 0.05) is 30.5 Å². The summed E-state index contributed by atoms with van der Waals surface area (Å²) in [6.07, 6.45) is 5.26. The minimum atomic E-state index is 0.446. The van der Waals surface area contributed by atoms with Crippen molar-refractivity contribution in [2.24, 2.45) is 0 Å². The molecule has 1 atom stereocenters. The fourth-order valence-corrected chi connectivity index (χ4v) is 2.94. The van der Waals surface area contributed by atoms with E-state index in [1.54, 1.807) is 0 Å². The summed E-state index contributed by atoms with van der Waals surface area (Å²) in [5.74, 6) is 1.23. The Morgan fingerprint density at radius 3 is 2.86 bits per heavy atom. The predicted molar refractivity (Wildman–Crippen MR) is 88.9 cm³/mol. The number of aryl methyl sites for hydroxylation is 1. The van der Waals surface area contributed by atoms with Crippen molar-refractivity contribution in [3.05, 3.63) is 17.5 Å². The van der Waals surface area contributed by atoms with Gasteiger partial charge >= 0.3 is 0 Å². The molecule has 2 heterocycles. The quantitative estimate of drug-likeness (QED) is 0.813. The molecule has 0 bridgehead atoms. The van der Waals surface area contributed by atoms with Gasteiger partial charge in [-0.05, 0) is 51.6 Å². The summed E-state index contributed by atoms with van der Waals surface area (Å²) in [4.78, 5) is 11.7. The average molecular weight is 290 g/mol. The fraction of sp³-hybridized carbons (Fsp3) is 0.765. The number of hydrogen-bond donors (Lipinski definition) is 1. The highest BCUT2D eigenvalue weighted by Gasteiger charge is 2.17. The second-order valence-electron chi connectivity index (χ2n) is 6.57. The van der Waals surface area contributed by atoms with E-state index in [0.717, 1.165) is 36.3 Å². The average Bonchev–Trinajstić information content (AvgIpc) is 2.44. The van der Waals surface area contributed by atoms with Crippen LogP contribution >= 0.6 is 0 Å². The van der Waals surface area contributed by atoms with Crippen LogP contribution in [-0.2, 0) is 0 Å². The molecule has 118 valence electrons. The van der Waals surface area contributed by atoms with E-state index in [9.17, 15) is 0 Å². The molecule has 4 heteroatoms. The van der Waals surface area contributed by atoms with Gasteiger partial charge in [-0.15, -0.1) is 0 Å². The first-order chi connectivity index (χ1) is 10.1. The van der Waals surface area contributed by atoms with Gasteiger partial charge in [0.05, 0.1) is 0 Å². The Labute approximate surface area is 129 Å². The van der Waals surface area contributed by atoms with Crippen molar-refractivity contribution in [2.75, 3.05) is 25.0 Å². The van der Waals surface area contributed by atoms with Crippen LogP contribution in [-0.4, -0.2) is 40.5 Å². The summed E-state index contributed by atoms with van der Waals surface area (Å²) >= 11 is 0. The molecule has 1 aromatic heterocycles. The number of nitrogens with zero attached hydrogens (tertiary/aromatic N) is 3. The van der Waals surface area contributed by atoms with Crippen molar-refractivity contribution in [1.82, 2.24) is 14.9 Å². The zero-order valence-corrected chi connectivity index (χ0v) is 14.0. The van der Waals surface area contributed by atoms with Crippen LogP contribution in [0.3, 0.4) is 0 Å². The van der Waals surface area contributed by atoms with Gasteiger partial charge in [-0.2, -0.15) is 0 Å². The number of anilines is 1. The highest BCUT2D eigenvalue weighted by Crippen LogP contribution is 2.17. The molecule has 1 aliphatic heterocycles.